The van der Waals surface area contributed by atoms with Gasteiger partial charge in [-0.1, -0.05) is 13.8 Å². The second-order valence-electron chi connectivity index (χ2n) is 6.30. The highest BCUT2D eigenvalue weighted by molar-refractivity contribution is 5.94. The van der Waals surface area contributed by atoms with Crippen molar-refractivity contribution in [2.45, 2.75) is 32.7 Å². The van der Waals surface area contributed by atoms with Crippen LogP contribution in [0, 0.1) is 17.5 Å². The molecule has 2 aromatic rings. The minimum Gasteiger partial charge on any atom is -0.334 e. The number of fused-ring (bicyclic) bond motifs is 1. The van der Waals surface area contributed by atoms with E-state index in [2.05, 4.69) is 4.98 Å². The molecular formula is C17H18F3N3O. The molecule has 2 heterocycles. The molecule has 0 unspecified atom stereocenters. The monoisotopic (exact) mass is 337 g/mol. The molecule has 0 bridgehead atoms. The van der Waals surface area contributed by atoms with Crippen LogP contribution in [-0.4, -0.2) is 26.9 Å². The topological polar surface area (TPSA) is 38.1 Å². The number of imidazole rings is 1. The zero-order valence-corrected chi connectivity index (χ0v) is 13.7. The molecule has 0 atom stereocenters. The molecule has 1 amide bonds. The van der Waals surface area contributed by atoms with Crippen LogP contribution in [0.4, 0.5) is 13.2 Å². The van der Waals surface area contributed by atoms with Crippen molar-refractivity contribution >= 4 is 5.91 Å². The number of hydrogen-bond donors (Lipinski definition) is 0. The average molecular weight is 337 g/mol. The summed E-state index contributed by atoms with van der Waals surface area (Å²) >= 11 is 0. The molecule has 1 aliphatic heterocycles. The van der Waals surface area contributed by atoms with Crippen LogP contribution in [0.1, 0.15) is 47.3 Å². The van der Waals surface area contributed by atoms with Gasteiger partial charge in [0.15, 0.2) is 11.6 Å². The summed E-state index contributed by atoms with van der Waals surface area (Å²) < 4.78 is 42.2. The Morgan fingerprint density at radius 2 is 1.83 bits per heavy atom. The van der Waals surface area contributed by atoms with Gasteiger partial charge in [-0.05, 0) is 6.07 Å². The second kappa shape index (κ2) is 5.96. The van der Waals surface area contributed by atoms with E-state index in [0.29, 0.717) is 25.1 Å². The van der Waals surface area contributed by atoms with Crippen LogP contribution in [0.15, 0.2) is 12.1 Å². The fourth-order valence-electron chi connectivity index (χ4n) is 3.10. The van der Waals surface area contributed by atoms with Gasteiger partial charge in [0.25, 0.3) is 5.91 Å². The number of rotatable bonds is 2. The summed E-state index contributed by atoms with van der Waals surface area (Å²) in [5.41, 5.74) is 1.36. The van der Waals surface area contributed by atoms with Crippen molar-refractivity contribution in [3.05, 3.63) is 52.4 Å². The molecule has 0 radical (unpaired) electrons. The van der Waals surface area contributed by atoms with Crippen LogP contribution in [0.25, 0.3) is 0 Å². The van der Waals surface area contributed by atoms with Gasteiger partial charge in [0.1, 0.15) is 11.6 Å². The maximum Gasteiger partial charge on any atom is 0.257 e. The van der Waals surface area contributed by atoms with Crippen LogP contribution in [0.5, 0.6) is 0 Å². The van der Waals surface area contributed by atoms with E-state index >= 15 is 0 Å². The summed E-state index contributed by atoms with van der Waals surface area (Å²) in [7, 11) is 1.94. The third kappa shape index (κ3) is 2.68. The standard InChI is InChI=1S/C17H18F3N3O/c1-9(2)16-21-14-8-23(5-4-15(14)22(16)3)17(24)10-6-12(19)13(20)7-11(10)18/h6-7,9H,4-5,8H2,1-3H3. The van der Waals surface area contributed by atoms with E-state index < -0.39 is 28.9 Å². The fourth-order valence-corrected chi connectivity index (χ4v) is 3.10. The van der Waals surface area contributed by atoms with Gasteiger partial charge in [0.05, 0.1) is 17.8 Å². The van der Waals surface area contributed by atoms with Gasteiger partial charge in [-0.3, -0.25) is 4.79 Å². The summed E-state index contributed by atoms with van der Waals surface area (Å²) in [6, 6.07) is 1.01. The number of aromatic nitrogens is 2. The Balaban J connectivity index is 1.89. The van der Waals surface area contributed by atoms with Gasteiger partial charge in [0, 0.05) is 37.7 Å². The third-order valence-electron chi connectivity index (χ3n) is 4.33. The molecule has 0 aliphatic carbocycles. The van der Waals surface area contributed by atoms with E-state index in [4.69, 9.17) is 0 Å². The van der Waals surface area contributed by atoms with Gasteiger partial charge in [0.2, 0.25) is 0 Å². The van der Waals surface area contributed by atoms with Crippen LogP contribution >= 0.6 is 0 Å². The third-order valence-corrected chi connectivity index (χ3v) is 4.33. The summed E-state index contributed by atoms with van der Waals surface area (Å²) in [6.07, 6.45) is 0.586. The number of nitrogens with zero attached hydrogens (tertiary/aromatic N) is 3. The lowest BCUT2D eigenvalue weighted by molar-refractivity contribution is 0.0725. The normalized spacial score (nSPS) is 14.2. The number of carbonyl (C=O) groups excluding carboxylic acids is 1. The molecule has 3 rings (SSSR count). The highest BCUT2D eigenvalue weighted by atomic mass is 19.2. The lowest BCUT2D eigenvalue weighted by Gasteiger charge is -2.27. The van der Waals surface area contributed by atoms with E-state index in [-0.39, 0.29) is 12.5 Å². The van der Waals surface area contributed by atoms with E-state index in [1.807, 2.05) is 25.5 Å². The zero-order chi connectivity index (χ0) is 17.6. The summed E-state index contributed by atoms with van der Waals surface area (Å²) in [5.74, 6) is -3.10. The molecule has 1 aliphatic rings. The van der Waals surface area contributed by atoms with Crippen molar-refractivity contribution in [1.29, 1.82) is 0 Å². The van der Waals surface area contributed by atoms with E-state index in [1.165, 1.54) is 4.90 Å². The maximum absolute atomic E-state index is 13.8. The van der Waals surface area contributed by atoms with E-state index in [0.717, 1.165) is 17.2 Å². The molecule has 128 valence electrons. The van der Waals surface area contributed by atoms with Crippen molar-refractivity contribution < 1.29 is 18.0 Å². The van der Waals surface area contributed by atoms with Crippen LogP contribution in [0.3, 0.4) is 0 Å². The van der Waals surface area contributed by atoms with Crippen LogP contribution in [-0.2, 0) is 20.0 Å². The molecule has 24 heavy (non-hydrogen) atoms. The number of halogens is 3. The lowest BCUT2D eigenvalue weighted by atomic mass is 10.1. The Morgan fingerprint density at radius 3 is 2.50 bits per heavy atom. The first-order chi connectivity index (χ1) is 11.3. The number of hydrogen-bond acceptors (Lipinski definition) is 2. The molecule has 0 N–H and O–H groups in total. The van der Waals surface area contributed by atoms with Gasteiger partial charge in [-0.25, -0.2) is 18.2 Å². The summed E-state index contributed by atoms with van der Waals surface area (Å²) in [5, 5.41) is 0. The summed E-state index contributed by atoms with van der Waals surface area (Å²) in [4.78, 5) is 18.5. The largest absolute Gasteiger partial charge is 0.334 e. The SMILES string of the molecule is CC(C)c1nc2c(n1C)CCN(C(=O)c1cc(F)c(F)cc1F)C2. The highest BCUT2D eigenvalue weighted by Crippen LogP contribution is 2.25. The molecule has 0 saturated heterocycles. The van der Waals surface area contributed by atoms with Crippen LogP contribution in [0.2, 0.25) is 0 Å². The molecule has 4 nitrogen and oxygen atoms in total. The molecule has 7 heteroatoms. The Bertz CT molecular complexity index is 814. The highest BCUT2D eigenvalue weighted by Gasteiger charge is 2.28. The van der Waals surface area contributed by atoms with Crippen LogP contribution < -0.4 is 0 Å². The fraction of sp³-hybridized carbons (Fsp3) is 0.412. The minimum absolute atomic E-state index is 0.229. The predicted octanol–water partition coefficient (Wildman–Crippen LogP) is 3.16. The first kappa shape index (κ1) is 16.5. The Morgan fingerprint density at radius 1 is 1.17 bits per heavy atom. The molecule has 0 saturated carbocycles. The van der Waals surface area contributed by atoms with E-state index in [1.54, 1.807) is 0 Å². The Labute approximate surface area is 137 Å². The Hall–Kier alpha value is -2.31. The summed E-state index contributed by atoms with van der Waals surface area (Å²) in [6.45, 7) is 4.68. The molecular weight excluding hydrogens is 319 g/mol. The van der Waals surface area contributed by atoms with E-state index in [9.17, 15) is 18.0 Å². The minimum atomic E-state index is -1.31. The Kier molecular flexibility index (Phi) is 4.11. The average Bonchev–Trinajstić information content (AvgIpc) is 2.87. The van der Waals surface area contributed by atoms with Crippen molar-refractivity contribution in [3.8, 4) is 0 Å². The van der Waals surface area contributed by atoms with Crippen molar-refractivity contribution in [1.82, 2.24) is 14.5 Å². The molecule has 0 spiro atoms. The predicted molar refractivity (Wildman–Crippen MR) is 82.1 cm³/mol. The molecule has 1 aromatic carbocycles. The number of carbonyl (C=O) groups is 1. The quantitative estimate of drug-likeness (QED) is 0.790. The zero-order valence-electron chi connectivity index (χ0n) is 13.7. The second-order valence-corrected chi connectivity index (χ2v) is 6.30. The first-order valence-electron chi connectivity index (χ1n) is 7.77. The van der Waals surface area contributed by atoms with Gasteiger partial charge >= 0.3 is 0 Å². The van der Waals surface area contributed by atoms with Crippen molar-refractivity contribution in [2.24, 2.45) is 7.05 Å². The van der Waals surface area contributed by atoms with Crippen molar-refractivity contribution in [3.63, 3.8) is 0 Å². The van der Waals surface area contributed by atoms with Crippen molar-refractivity contribution in [2.75, 3.05) is 6.54 Å². The maximum atomic E-state index is 13.8. The van der Waals surface area contributed by atoms with Gasteiger partial charge in [-0.15, -0.1) is 0 Å². The smallest absolute Gasteiger partial charge is 0.257 e. The number of amides is 1. The lowest BCUT2D eigenvalue weighted by Crippen LogP contribution is -2.37. The number of benzene rings is 1. The first-order valence-corrected chi connectivity index (χ1v) is 7.77. The van der Waals surface area contributed by atoms with Gasteiger partial charge < -0.3 is 9.47 Å². The van der Waals surface area contributed by atoms with Gasteiger partial charge in [-0.2, -0.15) is 0 Å². The molecule has 1 aromatic heterocycles. The molecule has 0 fully saturated rings.